The number of anilines is 3. The summed E-state index contributed by atoms with van der Waals surface area (Å²) in [4.78, 5) is 16.2. The van der Waals surface area contributed by atoms with Gasteiger partial charge < -0.3 is 22.1 Å². The molecule has 156 valence electrons. The van der Waals surface area contributed by atoms with Gasteiger partial charge in [-0.1, -0.05) is 6.08 Å². The molecule has 0 bridgehead atoms. The van der Waals surface area contributed by atoms with E-state index in [9.17, 15) is 9.18 Å². The van der Waals surface area contributed by atoms with E-state index in [1.807, 2.05) is 38.2 Å². The number of halogens is 1. The number of nitrogens with one attached hydrogen (secondary N) is 2. The maximum absolute atomic E-state index is 14.7. The monoisotopic (exact) mass is 409 g/mol. The first-order valence-electron chi connectivity index (χ1n) is 9.75. The lowest BCUT2D eigenvalue weighted by atomic mass is 10.2. The highest BCUT2D eigenvalue weighted by molar-refractivity contribution is 5.99. The quantitative estimate of drug-likeness (QED) is 0.476. The molecule has 0 saturated heterocycles. The number of allylic oxidation sites excluding steroid dienone is 1. The highest BCUT2D eigenvalue weighted by atomic mass is 19.1. The molecule has 1 fully saturated rings. The molecule has 6 N–H and O–H groups in total. The molecule has 0 spiro atoms. The van der Waals surface area contributed by atoms with Gasteiger partial charge in [0.1, 0.15) is 5.82 Å². The van der Waals surface area contributed by atoms with Gasteiger partial charge in [0.15, 0.2) is 11.6 Å². The SMILES string of the molecule is C[C@H](N)/C(=C\C1CC1)Nc1nc(Nc2ccc3cnn(C)c3c2)c(C(N)=O)cc1F. The summed E-state index contributed by atoms with van der Waals surface area (Å²) >= 11 is 0. The number of rotatable bonds is 7. The molecule has 8 nitrogen and oxygen atoms in total. The van der Waals surface area contributed by atoms with Crippen LogP contribution in [0.2, 0.25) is 0 Å². The topological polar surface area (TPSA) is 124 Å². The molecule has 4 rings (SSSR count). The fraction of sp³-hybridized carbons (Fsp3) is 0.286. The van der Waals surface area contributed by atoms with Crippen LogP contribution >= 0.6 is 0 Å². The Morgan fingerprint density at radius 1 is 1.33 bits per heavy atom. The van der Waals surface area contributed by atoms with Crippen LogP contribution in [0.1, 0.15) is 30.1 Å². The molecule has 1 amide bonds. The first-order chi connectivity index (χ1) is 14.3. The number of amides is 1. The fourth-order valence-electron chi connectivity index (χ4n) is 3.18. The van der Waals surface area contributed by atoms with Crippen molar-refractivity contribution >= 4 is 34.1 Å². The zero-order valence-electron chi connectivity index (χ0n) is 16.8. The molecule has 2 aromatic heterocycles. The normalized spacial score (nSPS) is 15.3. The van der Waals surface area contributed by atoms with Gasteiger partial charge in [-0.15, -0.1) is 0 Å². The number of nitrogens with zero attached hydrogens (tertiary/aromatic N) is 3. The Morgan fingerprint density at radius 2 is 2.10 bits per heavy atom. The van der Waals surface area contributed by atoms with Gasteiger partial charge >= 0.3 is 0 Å². The molecular formula is C21H24FN7O. The van der Waals surface area contributed by atoms with Crippen LogP contribution in [0.4, 0.5) is 21.7 Å². The molecule has 1 saturated carbocycles. The lowest BCUT2D eigenvalue weighted by molar-refractivity contribution is 0.100. The number of primary amides is 1. The zero-order valence-corrected chi connectivity index (χ0v) is 16.8. The highest BCUT2D eigenvalue weighted by Gasteiger charge is 2.22. The number of hydrogen-bond donors (Lipinski definition) is 4. The van der Waals surface area contributed by atoms with E-state index < -0.39 is 11.7 Å². The van der Waals surface area contributed by atoms with E-state index in [4.69, 9.17) is 11.5 Å². The van der Waals surface area contributed by atoms with Gasteiger partial charge in [-0.05, 0) is 49.9 Å². The van der Waals surface area contributed by atoms with E-state index in [1.165, 1.54) is 0 Å². The van der Waals surface area contributed by atoms with Gasteiger partial charge in [0, 0.05) is 29.9 Å². The minimum Gasteiger partial charge on any atom is -0.365 e. The average Bonchev–Trinajstić information content (AvgIpc) is 3.45. The van der Waals surface area contributed by atoms with Crippen molar-refractivity contribution in [2.24, 2.45) is 24.4 Å². The summed E-state index contributed by atoms with van der Waals surface area (Å²) in [6.07, 6.45) is 5.96. The van der Waals surface area contributed by atoms with Gasteiger partial charge in [-0.3, -0.25) is 9.48 Å². The average molecular weight is 409 g/mol. The molecule has 0 radical (unpaired) electrons. The second kappa shape index (κ2) is 7.75. The molecule has 1 aromatic carbocycles. The van der Waals surface area contributed by atoms with Crippen LogP contribution in [0.25, 0.3) is 10.9 Å². The molecular weight excluding hydrogens is 385 g/mol. The number of aryl methyl sites for hydroxylation is 1. The number of hydrogen-bond acceptors (Lipinski definition) is 6. The van der Waals surface area contributed by atoms with Crippen LogP contribution in [0, 0.1) is 11.7 Å². The largest absolute Gasteiger partial charge is 0.365 e. The van der Waals surface area contributed by atoms with Gasteiger partial charge in [0.2, 0.25) is 0 Å². The minimum atomic E-state index is -0.780. The molecule has 1 aliphatic rings. The summed E-state index contributed by atoms with van der Waals surface area (Å²) in [7, 11) is 1.83. The maximum Gasteiger partial charge on any atom is 0.252 e. The summed E-state index contributed by atoms with van der Waals surface area (Å²) in [6, 6.07) is 6.35. The van der Waals surface area contributed by atoms with E-state index in [0.717, 1.165) is 29.8 Å². The third-order valence-corrected chi connectivity index (χ3v) is 5.04. The van der Waals surface area contributed by atoms with E-state index >= 15 is 0 Å². The molecule has 0 aliphatic heterocycles. The molecule has 2 heterocycles. The Balaban J connectivity index is 1.70. The van der Waals surface area contributed by atoms with Gasteiger partial charge in [0.05, 0.1) is 17.3 Å². The van der Waals surface area contributed by atoms with E-state index in [-0.39, 0.29) is 23.2 Å². The molecule has 3 aromatic rings. The molecule has 1 aliphatic carbocycles. The zero-order chi connectivity index (χ0) is 21.4. The molecule has 30 heavy (non-hydrogen) atoms. The molecule has 0 unspecified atom stereocenters. The number of nitrogens with two attached hydrogens (primary N) is 2. The van der Waals surface area contributed by atoms with Crippen LogP contribution in [0.15, 0.2) is 42.2 Å². The number of benzene rings is 1. The molecule has 1 atom stereocenters. The number of pyridine rings is 1. The van der Waals surface area contributed by atoms with E-state index in [1.54, 1.807) is 10.9 Å². The Labute approximate surface area is 173 Å². The second-order valence-corrected chi connectivity index (χ2v) is 7.62. The van der Waals surface area contributed by atoms with Crippen molar-refractivity contribution in [2.75, 3.05) is 10.6 Å². The summed E-state index contributed by atoms with van der Waals surface area (Å²) in [6.45, 7) is 1.82. The van der Waals surface area contributed by atoms with E-state index in [2.05, 4.69) is 20.7 Å². The first-order valence-corrected chi connectivity index (χ1v) is 9.75. The van der Waals surface area contributed by atoms with Crippen LogP contribution in [-0.4, -0.2) is 26.7 Å². The Bertz CT molecular complexity index is 1150. The van der Waals surface area contributed by atoms with Gasteiger partial charge in [0.25, 0.3) is 5.91 Å². The van der Waals surface area contributed by atoms with Crippen molar-refractivity contribution in [3.8, 4) is 0 Å². The number of aromatic nitrogens is 3. The summed E-state index contributed by atoms with van der Waals surface area (Å²) in [5.41, 5.74) is 13.7. The third kappa shape index (κ3) is 4.11. The van der Waals surface area contributed by atoms with Crippen molar-refractivity contribution < 1.29 is 9.18 Å². The predicted octanol–water partition coefficient (Wildman–Crippen LogP) is 3.00. The Hall–Kier alpha value is -3.46. The Morgan fingerprint density at radius 3 is 2.77 bits per heavy atom. The number of carbonyl (C=O) groups is 1. The van der Waals surface area contributed by atoms with Crippen molar-refractivity contribution in [2.45, 2.75) is 25.8 Å². The lowest BCUT2D eigenvalue weighted by Crippen LogP contribution is -2.24. The van der Waals surface area contributed by atoms with E-state index in [0.29, 0.717) is 17.3 Å². The van der Waals surface area contributed by atoms with Crippen molar-refractivity contribution in [1.82, 2.24) is 14.8 Å². The second-order valence-electron chi connectivity index (χ2n) is 7.62. The first kappa shape index (κ1) is 19.8. The number of fused-ring (bicyclic) bond motifs is 1. The van der Waals surface area contributed by atoms with Crippen LogP contribution in [0.5, 0.6) is 0 Å². The van der Waals surface area contributed by atoms with Gasteiger partial charge in [-0.2, -0.15) is 5.10 Å². The Kier molecular flexibility index (Phi) is 5.13. The van der Waals surface area contributed by atoms with Crippen molar-refractivity contribution in [3.63, 3.8) is 0 Å². The van der Waals surface area contributed by atoms with Crippen molar-refractivity contribution in [3.05, 3.63) is 53.6 Å². The minimum absolute atomic E-state index is 0.0201. The maximum atomic E-state index is 14.7. The predicted molar refractivity (Wildman–Crippen MR) is 115 cm³/mol. The lowest BCUT2D eigenvalue weighted by Gasteiger charge is -2.17. The van der Waals surface area contributed by atoms with Crippen LogP contribution in [-0.2, 0) is 7.05 Å². The third-order valence-electron chi connectivity index (χ3n) is 5.04. The van der Waals surface area contributed by atoms with Crippen LogP contribution < -0.4 is 22.1 Å². The summed E-state index contributed by atoms with van der Waals surface area (Å²) in [5.74, 6) is -0.872. The van der Waals surface area contributed by atoms with Crippen molar-refractivity contribution in [1.29, 1.82) is 0 Å². The molecule has 9 heteroatoms. The number of carbonyl (C=O) groups excluding carboxylic acids is 1. The fourth-order valence-corrected chi connectivity index (χ4v) is 3.18. The standard InChI is InChI=1S/C21H24FN7O/c1-11(23)17(7-12-3-4-12)27-21-16(22)9-15(19(24)30)20(28-21)26-14-6-5-13-10-25-29(2)18(13)8-14/h5-12H,3-4,23H2,1-2H3,(H2,24,30)(H2,26,27,28)/b17-7+/t11-/m0/s1. The van der Waals surface area contributed by atoms with Crippen LogP contribution in [0.3, 0.4) is 0 Å². The van der Waals surface area contributed by atoms with Gasteiger partial charge in [-0.25, -0.2) is 9.37 Å². The summed E-state index contributed by atoms with van der Waals surface area (Å²) < 4.78 is 16.4. The summed E-state index contributed by atoms with van der Waals surface area (Å²) in [5, 5.41) is 11.3. The highest BCUT2D eigenvalue weighted by Crippen LogP contribution is 2.32. The smallest absolute Gasteiger partial charge is 0.252 e.